The van der Waals surface area contributed by atoms with Crippen molar-refractivity contribution in [2.45, 2.75) is 68.6 Å². The fourth-order valence-corrected chi connectivity index (χ4v) is 6.51. The molecule has 0 atom stereocenters. The number of benzene rings is 1. The SMILES string of the molecule is O=C(C1CCN(S(=O)(=O)c2ccc(C3CCCCC3)cc2)CC1)N1CCCC1. The molecule has 0 N–H and O–H groups in total. The third-order valence-electron chi connectivity index (χ3n) is 6.82. The molecule has 154 valence electrons. The predicted molar refractivity (Wildman–Crippen MR) is 110 cm³/mol. The smallest absolute Gasteiger partial charge is 0.243 e. The molecule has 5 nitrogen and oxygen atoms in total. The zero-order valence-electron chi connectivity index (χ0n) is 16.7. The second-order valence-electron chi connectivity index (χ2n) is 8.61. The first-order valence-electron chi connectivity index (χ1n) is 10.9. The monoisotopic (exact) mass is 404 g/mol. The van der Waals surface area contributed by atoms with E-state index in [2.05, 4.69) is 0 Å². The first-order chi connectivity index (χ1) is 13.6. The van der Waals surface area contributed by atoms with E-state index >= 15 is 0 Å². The summed E-state index contributed by atoms with van der Waals surface area (Å²) in [6.45, 7) is 2.61. The highest BCUT2D eigenvalue weighted by Gasteiger charge is 2.34. The van der Waals surface area contributed by atoms with Gasteiger partial charge in [0.25, 0.3) is 0 Å². The van der Waals surface area contributed by atoms with E-state index in [0.717, 1.165) is 25.9 Å². The van der Waals surface area contributed by atoms with Crippen LogP contribution in [0, 0.1) is 5.92 Å². The van der Waals surface area contributed by atoms with Gasteiger partial charge in [-0.15, -0.1) is 0 Å². The predicted octanol–water partition coefficient (Wildman–Crippen LogP) is 3.76. The largest absolute Gasteiger partial charge is 0.342 e. The number of amides is 1. The Morgan fingerprint density at radius 2 is 1.39 bits per heavy atom. The quantitative estimate of drug-likeness (QED) is 0.768. The molecule has 1 aliphatic carbocycles. The molecule has 3 aliphatic rings. The van der Waals surface area contributed by atoms with Crippen molar-refractivity contribution in [1.82, 2.24) is 9.21 Å². The van der Waals surface area contributed by atoms with Crippen LogP contribution in [0.25, 0.3) is 0 Å². The Morgan fingerprint density at radius 1 is 0.786 bits per heavy atom. The van der Waals surface area contributed by atoms with Crippen molar-refractivity contribution in [1.29, 1.82) is 0 Å². The first kappa shape index (κ1) is 19.9. The molecule has 1 aromatic rings. The first-order valence-corrected chi connectivity index (χ1v) is 12.4. The third-order valence-corrected chi connectivity index (χ3v) is 8.73. The number of rotatable bonds is 4. The van der Waals surface area contributed by atoms with Crippen molar-refractivity contribution in [3.05, 3.63) is 29.8 Å². The minimum atomic E-state index is -3.47. The summed E-state index contributed by atoms with van der Waals surface area (Å²) in [6.07, 6.45) is 9.75. The molecular formula is C22H32N2O3S. The molecule has 1 saturated carbocycles. The van der Waals surface area contributed by atoms with Crippen LogP contribution < -0.4 is 0 Å². The van der Waals surface area contributed by atoms with Crippen LogP contribution in [0.15, 0.2) is 29.2 Å². The lowest BCUT2D eigenvalue weighted by molar-refractivity contribution is -0.135. The van der Waals surface area contributed by atoms with Gasteiger partial charge in [-0.25, -0.2) is 8.42 Å². The summed E-state index contributed by atoms with van der Waals surface area (Å²) >= 11 is 0. The van der Waals surface area contributed by atoms with Crippen LogP contribution in [0.4, 0.5) is 0 Å². The fraction of sp³-hybridized carbons (Fsp3) is 0.682. The van der Waals surface area contributed by atoms with Gasteiger partial charge in [0.05, 0.1) is 4.90 Å². The Labute approximate surface area is 169 Å². The number of sulfonamides is 1. The third kappa shape index (κ3) is 4.13. The molecule has 0 radical (unpaired) electrons. The van der Waals surface area contributed by atoms with Gasteiger partial charge in [0.2, 0.25) is 15.9 Å². The average Bonchev–Trinajstić information content (AvgIpc) is 3.29. The average molecular weight is 405 g/mol. The normalized spacial score (nSPS) is 23.2. The number of hydrogen-bond donors (Lipinski definition) is 0. The maximum atomic E-state index is 13.0. The molecular weight excluding hydrogens is 372 g/mol. The van der Waals surface area contributed by atoms with Gasteiger partial charge in [-0.2, -0.15) is 4.31 Å². The molecule has 1 aromatic carbocycles. The number of hydrogen-bond acceptors (Lipinski definition) is 3. The summed E-state index contributed by atoms with van der Waals surface area (Å²) in [5, 5.41) is 0. The molecule has 1 amide bonds. The van der Waals surface area contributed by atoms with E-state index in [1.807, 2.05) is 17.0 Å². The summed E-state index contributed by atoms with van der Waals surface area (Å²) in [4.78, 5) is 14.9. The zero-order chi connectivity index (χ0) is 19.6. The number of carbonyl (C=O) groups is 1. The van der Waals surface area contributed by atoms with E-state index in [0.29, 0.717) is 36.7 Å². The van der Waals surface area contributed by atoms with E-state index in [1.165, 1.54) is 37.7 Å². The minimum absolute atomic E-state index is 0.0155. The number of nitrogens with zero attached hydrogens (tertiary/aromatic N) is 2. The van der Waals surface area contributed by atoms with E-state index < -0.39 is 10.0 Å². The zero-order valence-corrected chi connectivity index (χ0v) is 17.5. The Balaban J connectivity index is 1.38. The Bertz CT molecular complexity index is 771. The maximum Gasteiger partial charge on any atom is 0.243 e. The van der Waals surface area contributed by atoms with Gasteiger partial charge in [-0.1, -0.05) is 31.4 Å². The lowest BCUT2D eigenvalue weighted by atomic mass is 9.84. The highest BCUT2D eigenvalue weighted by Crippen LogP contribution is 2.33. The van der Waals surface area contributed by atoms with E-state index in [4.69, 9.17) is 0 Å². The summed E-state index contributed by atoms with van der Waals surface area (Å²) in [6, 6.07) is 7.57. The van der Waals surface area contributed by atoms with Gasteiger partial charge in [-0.3, -0.25) is 4.79 Å². The molecule has 28 heavy (non-hydrogen) atoms. The lowest BCUT2D eigenvalue weighted by Crippen LogP contribution is -2.43. The summed E-state index contributed by atoms with van der Waals surface area (Å²) in [5.41, 5.74) is 1.27. The van der Waals surface area contributed by atoms with Crippen LogP contribution in [0.3, 0.4) is 0 Å². The van der Waals surface area contributed by atoms with E-state index in [9.17, 15) is 13.2 Å². The molecule has 4 rings (SSSR count). The van der Waals surface area contributed by atoms with Gasteiger partial charge < -0.3 is 4.90 Å². The molecule has 0 spiro atoms. The fourth-order valence-electron chi connectivity index (χ4n) is 5.04. The van der Waals surface area contributed by atoms with Crippen molar-refractivity contribution in [3.63, 3.8) is 0 Å². The molecule has 0 unspecified atom stereocenters. The number of piperidine rings is 1. The summed E-state index contributed by atoms with van der Waals surface area (Å²) in [7, 11) is -3.47. The van der Waals surface area contributed by atoms with Crippen molar-refractivity contribution in [3.8, 4) is 0 Å². The topological polar surface area (TPSA) is 57.7 Å². The second kappa shape index (κ2) is 8.54. The van der Waals surface area contributed by atoms with Crippen molar-refractivity contribution >= 4 is 15.9 Å². The van der Waals surface area contributed by atoms with Crippen LogP contribution in [0.5, 0.6) is 0 Å². The Kier molecular flexibility index (Phi) is 6.07. The number of carbonyl (C=O) groups excluding carboxylic acids is 1. The minimum Gasteiger partial charge on any atom is -0.342 e. The van der Waals surface area contributed by atoms with Gasteiger partial charge in [0, 0.05) is 32.1 Å². The number of likely N-dealkylation sites (tertiary alicyclic amines) is 1. The molecule has 2 heterocycles. The summed E-state index contributed by atoms with van der Waals surface area (Å²) in [5.74, 6) is 0.794. The molecule has 2 aliphatic heterocycles. The van der Waals surface area contributed by atoms with Gasteiger partial charge >= 0.3 is 0 Å². The lowest BCUT2D eigenvalue weighted by Gasteiger charge is -2.32. The van der Waals surface area contributed by atoms with Crippen LogP contribution in [-0.4, -0.2) is 49.7 Å². The van der Waals surface area contributed by atoms with Crippen molar-refractivity contribution < 1.29 is 13.2 Å². The maximum absolute atomic E-state index is 13.0. The van der Waals surface area contributed by atoms with Gasteiger partial charge in [0.1, 0.15) is 0 Å². The van der Waals surface area contributed by atoms with Gasteiger partial charge in [0.15, 0.2) is 0 Å². The van der Waals surface area contributed by atoms with E-state index in [-0.39, 0.29) is 11.8 Å². The molecule has 3 fully saturated rings. The van der Waals surface area contributed by atoms with Crippen LogP contribution in [-0.2, 0) is 14.8 Å². The van der Waals surface area contributed by atoms with E-state index in [1.54, 1.807) is 16.4 Å². The van der Waals surface area contributed by atoms with Crippen LogP contribution in [0.2, 0.25) is 0 Å². The summed E-state index contributed by atoms with van der Waals surface area (Å²) < 4.78 is 27.6. The molecule has 0 bridgehead atoms. The highest BCUT2D eigenvalue weighted by molar-refractivity contribution is 7.89. The highest BCUT2D eigenvalue weighted by atomic mass is 32.2. The molecule has 0 aromatic heterocycles. The second-order valence-corrected chi connectivity index (χ2v) is 10.6. The Hall–Kier alpha value is -1.40. The molecule has 2 saturated heterocycles. The standard InChI is InChI=1S/C22H32N2O3S/c25-22(23-14-4-5-15-23)20-12-16-24(17-13-20)28(26,27)21-10-8-19(9-11-21)18-6-2-1-3-7-18/h8-11,18,20H,1-7,12-17H2. The Morgan fingerprint density at radius 3 is 2.00 bits per heavy atom. The van der Waals surface area contributed by atoms with Crippen LogP contribution in [0.1, 0.15) is 69.3 Å². The van der Waals surface area contributed by atoms with Gasteiger partial charge in [-0.05, 0) is 62.1 Å². The van der Waals surface area contributed by atoms with Crippen molar-refractivity contribution in [2.75, 3.05) is 26.2 Å². The van der Waals surface area contributed by atoms with Crippen molar-refractivity contribution in [2.24, 2.45) is 5.92 Å². The molecule has 6 heteroatoms. The van der Waals surface area contributed by atoms with Crippen LogP contribution >= 0.6 is 0 Å².